The fraction of sp³-hybridized carbons (Fsp3) is 0.667. The van der Waals surface area contributed by atoms with Gasteiger partial charge in [-0.2, -0.15) is 0 Å². The predicted molar refractivity (Wildman–Crippen MR) is 81.4 cm³/mol. The Labute approximate surface area is 125 Å². The van der Waals surface area contributed by atoms with E-state index in [0.717, 1.165) is 36.1 Å². The average Bonchev–Trinajstić information content (AvgIpc) is 2.49. The summed E-state index contributed by atoms with van der Waals surface area (Å²) in [7, 11) is 1.93. The van der Waals surface area contributed by atoms with E-state index in [9.17, 15) is 0 Å². The molecule has 1 aromatic heterocycles. The molecular weight excluding hydrogens is 274 g/mol. The van der Waals surface area contributed by atoms with Crippen LogP contribution in [0.4, 0.5) is 5.82 Å². The molecule has 1 saturated carbocycles. The largest absolute Gasteiger partial charge is 0.374 e. The van der Waals surface area contributed by atoms with E-state index in [1.807, 2.05) is 7.05 Å². The molecule has 0 bridgehead atoms. The maximum atomic E-state index is 6.21. The second kappa shape index (κ2) is 6.29. The van der Waals surface area contributed by atoms with Crippen molar-refractivity contribution in [3.05, 3.63) is 22.8 Å². The standard InChI is InChI=1S/C15H22ClN3O/c1-17-9-11-8-15(18-10-12(11)16)19-6-7-20-14-5-3-2-4-13(14)19/h8,10,13-14,17H,2-7,9H2,1H3. The highest BCUT2D eigenvalue weighted by molar-refractivity contribution is 6.31. The first-order valence-corrected chi connectivity index (χ1v) is 7.84. The van der Waals surface area contributed by atoms with Gasteiger partial charge in [-0.3, -0.25) is 0 Å². The van der Waals surface area contributed by atoms with Crippen molar-refractivity contribution in [2.75, 3.05) is 25.1 Å². The molecule has 2 heterocycles. The van der Waals surface area contributed by atoms with Crippen molar-refractivity contribution in [2.45, 2.75) is 44.4 Å². The molecule has 110 valence electrons. The Hall–Kier alpha value is -0.840. The molecule has 1 N–H and O–H groups in total. The molecule has 1 saturated heterocycles. The van der Waals surface area contributed by atoms with Crippen LogP contribution in [0.1, 0.15) is 31.2 Å². The lowest BCUT2D eigenvalue weighted by atomic mass is 9.90. The minimum atomic E-state index is 0.378. The summed E-state index contributed by atoms with van der Waals surface area (Å²) in [6, 6.07) is 2.60. The Balaban J connectivity index is 1.85. The third kappa shape index (κ3) is 2.78. The molecule has 0 aromatic carbocycles. The number of hydrogen-bond donors (Lipinski definition) is 1. The smallest absolute Gasteiger partial charge is 0.129 e. The molecular formula is C15H22ClN3O. The van der Waals surface area contributed by atoms with Gasteiger partial charge in [0.25, 0.3) is 0 Å². The molecule has 2 atom stereocenters. The summed E-state index contributed by atoms with van der Waals surface area (Å²) in [6.07, 6.45) is 7.11. The van der Waals surface area contributed by atoms with Gasteiger partial charge in [0, 0.05) is 19.3 Å². The van der Waals surface area contributed by atoms with Gasteiger partial charge in [-0.05, 0) is 31.5 Å². The van der Waals surface area contributed by atoms with Gasteiger partial charge in [-0.15, -0.1) is 0 Å². The first-order valence-electron chi connectivity index (χ1n) is 7.47. The minimum absolute atomic E-state index is 0.378. The second-order valence-electron chi connectivity index (χ2n) is 5.62. The van der Waals surface area contributed by atoms with Crippen molar-refractivity contribution in [1.29, 1.82) is 0 Å². The number of nitrogens with one attached hydrogen (secondary N) is 1. The van der Waals surface area contributed by atoms with E-state index in [2.05, 4.69) is 21.3 Å². The fourth-order valence-electron chi connectivity index (χ4n) is 3.33. The lowest BCUT2D eigenvalue weighted by molar-refractivity contribution is -0.00899. The first kappa shape index (κ1) is 14.1. The van der Waals surface area contributed by atoms with Gasteiger partial charge in [-0.25, -0.2) is 4.98 Å². The summed E-state index contributed by atoms with van der Waals surface area (Å²) in [5.41, 5.74) is 1.11. The zero-order chi connectivity index (χ0) is 13.9. The Morgan fingerprint density at radius 3 is 3.15 bits per heavy atom. The van der Waals surface area contributed by atoms with Crippen LogP contribution >= 0.6 is 11.6 Å². The molecule has 2 aliphatic rings. The lowest BCUT2D eigenvalue weighted by Crippen LogP contribution is -2.53. The molecule has 5 heteroatoms. The zero-order valence-electron chi connectivity index (χ0n) is 11.9. The maximum Gasteiger partial charge on any atom is 0.129 e. The van der Waals surface area contributed by atoms with Crippen molar-refractivity contribution in [2.24, 2.45) is 0 Å². The van der Waals surface area contributed by atoms with E-state index in [0.29, 0.717) is 12.1 Å². The highest BCUT2D eigenvalue weighted by Crippen LogP contribution is 2.32. The quantitative estimate of drug-likeness (QED) is 0.930. The molecule has 4 nitrogen and oxygen atoms in total. The number of morpholine rings is 1. The Bertz CT molecular complexity index is 466. The average molecular weight is 296 g/mol. The highest BCUT2D eigenvalue weighted by atomic mass is 35.5. The van der Waals surface area contributed by atoms with Crippen LogP contribution in [-0.4, -0.2) is 37.3 Å². The van der Waals surface area contributed by atoms with E-state index in [1.165, 1.54) is 25.7 Å². The Morgan fingerprint density at radius 1 is 1.45 bits per heavy atom. The van der Waals surface area contributed by atoms with E-state index in [-0.39, 0.29) is 0 Å². The fourth-order valence-corrected chi connectivity index (χ4v) is 3.50. The van der Waals surface area contributed by atoms with Crippen LogP contribution in [-0.2, 0) is 11.3 Å². The number of pyridine rings is 1. The maximum absolute atomic E-state index is 6.21. The Kier molecular flexibility index (Phi) is 4.44. The number of aromatic nitrogens is 1. The molecule has 1 aromatic rings. The number of ether oxygens (including phenoxy) is 1. The van der Waals surface area contributed by atoms with Crippen LogP contribution in [0.15, 0.2) is 12.3 Å². The van der Waals surface area contributed by atoms with Crippen molar-refractivity contribution < 1.29 is 4.74 Å². The summed E-state index contributed by atoms with van der Waals surface area (Å²) in [5, 5.41) is 3.89. The van der Waals surface area contributed by atoms with Crippen LogP contribution in [0.2, 0.25) is 5.02 Å². The summed E-state index contributed by atoms with van der Waals surface area (Å²) >= 11 is 6.21. The van der Waals surface area contributed by atoms with Crippen LogP contribution in [0, 0.1) is 0 Å². The molecule has 0 amide bonds. The van der Waals surface area contributed by atoms with Crippen LogP contribution in [0.25, 0.3) is 0 Å². The van der Waals surface area contributed by atoms with Crippen molar-refractivity contribution in [1.82, 2.24) is 10.3 Å². The number of fused-ring (bicyclic) bond motifs is 1. The molecule has 2 unspecified atom stereocenters. The number of halogens is 1. The van der Waals surface area contributed by atoms with E-state index < -0.39 is 0 Å². The van der Waals surface area contributed by atoms with Gasteiger partial charge in [0.15, 0.2) is 0 Å². The normalized spacial score (nSPS) is 26.4. The van der Waals surface area contributed by atoms with E-state index in [1.54, 1.807) is 6.20 Å². The molecule has 1 aliphatic heterocycles. The summed E-state index contributed by atoms with van der Waals surface area (Å²) in [5.74, 6) is 1.04. The molecule has 3 rings (SSSR count). The molecule has 1 aliphatic carbocycles. The predicted octanol–water partition coefficient (Wildman–Crippen LogP) is 2.60. The summed E-state index contributed by atoms with van der Waals surface area (Å²) in [4.78, 5) is 6.97. The van der Waals surface area contributed by atoms with Gasteiger partial charge in [0.2, 0.25) is 0 Å². The molecule has 2 fully saturated rings. The van der Waals surface area contributed by atoms with Gasteiger partial charge in [0.1, 0.15) is 5.82 Å². The third-order valence-electron chi connectivity index (χ3n) is 4.31. The number of nitrogens with zero attached hydrogens (tertiary/aromatic N) is 2. The topological polar surface area (TPSA) is 37.4 Å². The molecule has 0 radical (unpaired) electrons. The number of rotatable bonds is 3. The van der Waals surface area contributed by atoms with Crippen LogP contribution in [0.5, 0.6) is 0 Å². The van der Waals surface area contributed by atoms with E-state index >= 15 is 0 Å². The van der Waals surface area contributed by atoms with Crippen molar-refractivity contribution >= 4 is 17.4 Å². The van der Waals surface area contributed by atoms with Gasteiger partial charge in [0.05, 0.1) is 23.8 Å². The second-order valence-corrected chi connectivity index (χ2v) is 6.03. The van der Waals surface area contributed by atoms with Crippen molar-refractivity contribution in [3.8, 4) is 0 Å². The van der Waals surface area contributed by atoms with Gasteiger partial charge in [-0.1, -0.05) is 24.4 Å². The highest BCUT2D eigenvalue weighted by Gasteiger charge is 2.34. The molecule has 20 heavy (non-hydrogen) atoms. The SMILES string of the molecule is CNCc1cc(N2CCOC3CCCCC32)ncc1Cl. The molecule has 0 spiro atoms. The third-order valence-corrected chi connectivity index (χ3v) is 4.65. The Morgan fingerprint density at radius 2 is 2.30 bits per heavy atom. The van der Waals surface area contributed by atoms with Crippen LogP contribution < -0.4 is 10.2 Å². The summed E-state index contributed by atoms with van der Waals surface area (Å²) < 4.78 is 5.93. The lowest BCUT2D eigenvalue weighted by Gasteiger charge is -2.44. The van der Waals surface area contributed by atoms with E-state index in [4.69, 9.17) is 16.3 Å². The first-order chi connectivity index (χ1) is 9.79. The number of hydrogen-bond acceptors (Lipinski definition) is 4. The van der Waals surface area contributed by atoms with Gasteiger partial charge < -0.3 is 15.0 Å². The van der Waals surface area contributed by atoms with Gasteiger partial charge >= 0.3 is 0 Å². The van der Waals surface area contributed by atoms with Crippen LogP contribution in [0.3, 0.4) is 0 Å². The monoisotopic (exact) mass is 295 g/mol. The summed E-state index contributed by atoms with van der Waals surface area (Å²) in [6.45, 7) is 2.49. The van der Waals surface area contributed by atoms with Crippen molar-refractivity contribution in [3.63, 3.8) is 0 Å². The number of anilines is 1. The minimum Gasteiger partial charge on any atom is -0.374 e. The zero-order valence-corrected chi connectivity index (χ0v) is 12.7.